The quantitative estimate of drug-likeness (QED) is 0.762. The number of hydrogen-bond acceptors (Lipinski definition) is 5. The molecule has 0 bridgehead atoms. The number of likely N-dealkylation sites (tertiary alicyclic amines) is 1. The number of carbonyl (C=O) groups is 1. The molecule has 1 N–H and O–H groups in total. The van der Waals surface area contributed by atoms with Crippen molar-refractivity contribution < 1.29 is 4.79 Å². The van der Waals surface area contributed by atoms with Gasteiger partial charge in [0.15, 0.2) is 0 Å². The topological polar surface area (TPSA) is 92.6 Å². The van der Waals surface area contributed by atoms with Crippen molar-refractivity contribution in [2.75, 3.05) is 13.1 Å². The third-order valence-electron chi connectivity index (χ3n) is 4.17. The fourth-order valence-electron chi connectivity index (χ4n) is 2.92. The maximum absolute atomic E-state index is 12.6. The summed E-state index contributed by atoms with van der Waals surface area (Å²) < 4.78 is 2.02. The summed E-state index contributed by atoms with van der Waals surface area (Å²) in [6, 6.07) is 5.78. The Labute approximate surface area is 126 Å². The molecule has 8 nitrogen and oxygen atoms in total. The number of nitrogens with zero attached hydrogens (tertiary/aromatic N) is 6. The van der Waals surface area contributed by atoms with Gasteiger partial charge in [-0.25, -0.2) is 0 Å². The number of amides is 1. The lowest BCUT2D eigenvalue weighted by atomic mass is 10.0. The van der Waals surface area contributed by atoms with Crippen LogP contribution in [0.3, 0.4) is 0 Å². The second kappa shape index (κ2) is 5.21. The third-order valence-corrected chi connectivity index (χ3v) is 4.17. The van der Waals surface area contributed by atoms with E-state index in [-0.39, 0.29) is 5.91 Å². The van der Waals surface area contributed by atoms with E-state index in [1.807, 2.05) is 15.5 Å². The minimum atomic E-state index is 0.0482. The molecule has 1 saturated heterocycles. The molecule has 0 radical (unpaired) electrons. The Hall–Kier alpha value is -2.77. The van der Waals surface area contributed by atoms with Crippen molar-refractivity contribution in [3.63, 3.8) is 0 Å². The maximum atomic E-state index is 12.6. The normalized spacial score (nSPS) is 16.3. The Kier molecular flexibility index (Phi) is 3.06. The molecule has 0 atom stereocenters. The largest absolute Gasteiger partial charge is 0.338 e. The molecule has 1 aliphatic rings. The van der Waals surface area contributed by atoms with Gasteiger partial charge in [-0.15, -0.1) is 10.2 Å². The predicted octanol–water partition coefficient (Wildman–Crippen LogP) is 1.03. The summed E-state index contributed by atoms with van der Waals surface area (Å²) in [4.78, 5) is 14.5. The summed E-state index contributed by atoms with van der Waals surface area (Å²) >= 11 is 0. The van der Waals surface area contributed by atoms with Crippen LogP contribution in [0.2, 0.25) is 0 Å². The second-order valence-corrected chi connectivity index (χ2v) is 5.46. The number of aromatic nitrogens is 6. The highest BCUT2D eigenvalue weighted by molar-refractivity contribution is 5.97. The molecule has 22 heavy (non-hydrogen) atoms. The average Bonchev–Trinajstić information content (AvgIpc) is 3.25. The van der Waals surface area contributed by atoms with E-state index in [4.69, 9.17) is 0 Å². The molecule has 1 amide bonds. The van der Waals surface area contributed by atoms with E-state index < -0.39 is 0 Å². The van der Waals surface area contributed by atoms with Gasteiger partial charge in [0.2, 0.25) is 0 Å². The fourth-order valence-corrected chi connectivity index (χ4v) is 2.92. The Morgan fingerprint density at radius 3 is 2.59 bits per heavy atom. The zero-order chi connectivity index (χ0) is 14.9. The van der Waals surface area contributed by atoms with E-state index in [0.29, 0.717) is 17.1 Å². The van der Waals surface area contributed by atoms with Gasteiger partial charge in [-0.1, -0.05) is 0 Å². The van der Waals surface area contributed by atoms with Crippen LogP contribution in [-0.2, 0) is 0 Å². The van der Waals surface area contributed by atoms with Crippen molar-refractivity contribution in [3.05, 3.63) is 36.4 Å². The number of aromatic amines is 1. The van der Waals surface area contributed by atoms with Crippen LogP contribution < -0.4 is 0 Å². The molecule has 8 heteroatoms. The van der Waals surface area contributed by atoms with Gasteiger partial charge in [0.1, 0.15) is 23.7 Å². The van der Waals surface area contributed by atoms with Crippen LogP contribution in [0.25, 0.3) is 11.0 Å². The van der Waals surface area contributed by atoms with Crippen LogP contribution in [0, 0.1) is 0 Å². The molecule has 1 aliphatic heterocycles. The van der Waals surface area contributed by atoms with E-state index in [1.165, 1.54) is 0 Å². The third kappa shape index (κ3) is 2.22. The Morgan fingerprint density at radius 1 is 1.09 bits per heavy atom. The van der Waals surface area contributed by atoms with E-state index in [0.717, 1.165) is 31.4 Å². The first kappa shape index (κ1) is 12.9. The summed E-state index contributed by atoms with van der Waals surface area (Å²) in [6.45, 7) is 1.47. The van der Waals surface area contributed by atoms with E-state index in [9.17, 15) is 4.79 Å². The SMILES string of the molecule is O=C(c1ccc2n[nH]nc2c1)N1CCC(n2cnnc2)CC1. The molecule has 2 aromatic heterocycles. The maximum Gasteiger partial charge on any atom is 0.253 e. The van der Waals surface area contributed by atoms with Gasteiger partial charge in [-0.05, 0) is 31.0 Å². The van der Waals surface area contributed by atoms with Crippen LogP contribution >= 0.6 is 0 Å². The fraction of sp³-hybridized carbons (Fsp3) is 0.357. The van der Waals surface area contributed by atoms with Crippen molar-refractivity contribution in [2.45, 2.75) is 18.9 Å². The Balaban J connectivity index is 1.47. The molecule has 112 valence electrons. The summed E-state index contributed by atoms with van der Waals surface area (Å²) in [6.07, 6.45) is 5.30. The van der Waals surface area contributed by atoms with Crippen LogP contribution in [0.15, 0.2) is 30.9 Å². The summed E-state index contributed by atoms with van der Waals surface area (Å²) in [7, 11) is 0. The Bertz CT molecular complexity index is 786. The van der Waals surface area contributed by atoms with Gasteiger partial charge in [0.25, 0.3) is 5.91 Å². The number of nitrogens with one attached hydrogen (secondary N) is 1. The van der Waals surface area contributed by atoms with Crippen molar-refractivity contribution in [1.29, 1.82) is 0 Å². The number of benzene rings is 1. The molecule has 4 rings (SSSR count). The van der Waals surface area contributed by atoms with Crippen LogP contribution in [0.4, 0.5) is 0 Å². The van der Waals surface area contributed by atoms with Gasteiger partial charge in [0.05, 0.1) is 0 Å². The minimum absolute atomic E-state index is 0.0482. The number of hydrogen-bond donors (Lipinski definition) is 1. The summed E-state index contributed by atoms with van der Waals surface area (Å²) in [5.74, 6) is 0.0482. The van der Waals surface area contributed by atoms with Crippen molar-refractivity contribution >= 4 is 16.9 Å². The zero-order valence-electron chi connectivity index (χ0n) is 11.9. The lowest BCUT2D eigenvalue weighted by Gasteiger charge is -2.32. The van der Waals surface area contributed by atoms with Crippen molar-refractivity contribution in [1.82, 2.24) is 35.1 Å². The van der Waals surface area contributed by atoms with Gasteiger partial charge in [0, 0.05) is 24.7 Å². The predicted molar refractivity (Wildman–Crippen MR) is 78.1 cm³/mol. The monoisotopic (exact) mass is 297 g/mol. The number of fused-ring (bicyclic) bond motifs is 1. The van der Waals surface area contributed by atoms with Crippen LogP contribution in [0.5, 0.6) is 0 Å². The second-order valence-electron chi connectivity index (χ2n) is 5.46. The molecule has 3 heterocycles. The first-order valence-electron chi connectivity index (χ1n) is 7.25. The molecule has 0 saturated carbocycles. The van der Waals surface area contributed by atoms with Gasteiger partial charge in [-0.3, -0.25) is 4.79 Å². The molecule has 0 unspecified atom stereocenters. The molecular formula is C14H15N7O. The Morgan fingerprint density at radius 2 is 1.82 bits per heavy atom. The molecule has 0 spiro atoms. The zero-order valence-corrected chi connectivity index (χ0v) is 11.9. The molecule has 3 aromatic rings. The number of rotatable bonds is 2. The standard InChI is InChI=1S/C14H15N7O/c22-14(10-1-2-12-13(7-10)18-19-17-12)20-5-3-11(4-6-20)21-8-15-16-9-21/h1-2,7-9,11H,3-6H2,(H,17,18,19). The number of carbonyl (C=O) groups excluding carboxylic acids is 1. The lowest BCUT2D eigenvalue weighted by molar-refractivity contribution is 0.0694. The molecule has 1 fully saturated rings. The molecule has 1 aromatic carbocycles. The van der Waals surface area contributed by atoms with Gasteiger partial charge >= 0.3 is 0 Å². The van der Waals surface area contributed by atoms with E-state index >= 15 is 0 Å². The summed E-state index contributed by atoms with van der Waals surface area (Å²) in [5, 5.41) is 18.3. The summed E-state index contributed by atoms with van der Waals surface area (Å²) in [5.41, 5.74) is 2.14. The lowest BCUT2D eigenvalue weighted by Crippen LogP contribution is -2.38. The van der Waals surface area contributed by atoms with E-state index in [2.05, 4.69) is 25.6 Å². The highest BCUT2D eigenvalue weighted by Gasteiger charge is 2.24. The van der Waals surface area contributed by atoms with E-state index in [1.54, 1.807) is 24.8 Å². The molecular weight excluding hydrogens is 282 g/mol. The smallest absolute Gasteiger partial charge is 0.253 e. The van der Waals surface area contributed by atoms with Crippen LogP contribution in [0.1, 0.15) is 29.2 Å². The number of H-pyrrole nitrogens is 1. The van der Waals surface area contributed by atoms with Gasteiger partial charge in [-0.2, -0.15) is 15.4 Å². The van der Waals surface area contributed by atoms with Crippen LogP contribution in [-0.4, -0.2) is 54.1 Å². The number of piperidine rings is 1. The highest BCUT2D eigenvalue weighted by Crippen LogP contribution is 2.23. The highest BCUT2D eigenvalue weighted by atomic mass is 16.2. The first-order valence-corrected chi connectivity index (χ1v) is 7.25. The van der Waals surface area contributed by atoms with Crippen molar-refractivity contribution in [2.24, 2.45) is 0 Å². The van der Waals surface area contributed by atoms with Gasteiger partial charge < -0.3 is 9.47 Å². The minimum Gasteiger partial charge on any atom is -0.338 e. The average molecular weight is 297 g/mol. The first-order chi connectivity index (χ1) is 10.8. The molecule has 0 aliphatic carbocycles. The van der Waals surface area contributed by atoms with Crippen molar-refractivity contribution in [3.8, 4) is 0 Å².